The standard InChI is InChI=1S/C25H28N2O6/c1-25(2,13-22(28)27-11-12-32-15-21(27)23(29)30)26-24(31)33-14-20-18-9-5-3-7-16(18)17-8-4-6-10-19(17)20/h3-10,20-21H,11-15H2,1-2H3,(H,26,31)(H,29,30). The molecule has 1 unspecified atom stereocenters. The molecular weight excluding hydrogens is 424 g/mol. The van der Waals surface area contributed by atoms with E-state index in [-0.39, 0.29) is 44.6 Å². The second kappa shape index (κ2) is 9.23. The number of aliphatic carboxylic acids is 1. The van der Waals surface area contributed by atoms with Crippen LogP contribution >= 0.6 is 0 Å². The number of carboxylic acid groups (broad SMARTS) is 1. The number of benzene rings is 2. The first-order chi connectivity index (χ1) is 15.8. The Hall–Kier alpha value is -3.39. The Bertz CT molecular complexity index is 1020. The lowest BCUT2D eigenvalue weighted by atomic mass is 9.98. The maximum absolute atomic E-state index is 12.8. The lowest BCUT2D eigenvalue weighted by molar-refractivity contribution is -0.158. The fourth-order valence-corrected chi connectivity index (χ4v) is 4.54. The van der Waals surface area contributed by atoms with E-state index in [1.54, 1.807) is 13.8 Å². The zero-order valence-electron chi connectivity index (χ0n) is 18.7. The number of ether oxygens (including phenoxy) is 2. The van der Waals surface area contributed by atoms with Crippen LogP contribution in [-0.4, -0.2) is 65.9 Å². The van der Waals surface area contributed by atoms with Gasteiger partial charge in [0, 0.05) is 24.4 Å². The van der Waals surface area contributed by atoms with E-state index < -0.39 is 23.6 Å². The summed E-state index contributed by atoms with van der Waals surface area (Å²) in [7, 11) is 0. The van der Waals surface area contributed by atoms with Gasteiger partial charge in [0.2, 0.25) is 5.91 Å². The van der Waals surface area contributed by atoms with Crippen LogP contribution in [0.4, 0.5) is 4.79 Å². The molecule has 2 aromatic carbocycles. The zero-order valence-corrected chi connectivity index (χ0v) is 18.7. The molecule has 1 aliphatic heterocycles. The normalized spacial score (nSPS) is 17.8. The van der Waals surface area contributed by atoms with Crippen LogP contribution < -0.4 is 5.32 Å². The van der Waals surface area contributed by atoms with E-state index in [1.165, 1.54) is 4.90 Å². The molecule has 174 valence electrons. The van der Waals surface area contributed by atoms with Crippen molar-refractivity contribution in [1.82, 2.24) is 10.2 Å². The van der Waals surface area contributed by atoms with Gasteiger partial charge in [-0.15, -0.1) is 0 Å². The first-order valence-corrected chi connectivity index (χ1v) is 11.0. The van der Waals surface area contributed by atoms with Crippen molar-refractivity contribution in [1.29, 1.82) is 0 Å². The highest BCUT2D eigenvalue weighted by atomic mass is 16.5. The largest absolute Gasteiger partial charge is 0.480 e. The number of amides is 2. The third-order valence-electron chi connectivity index (χ3n) is 6.11. The van der Waals surface area contributed by atoms with E-state index >= 15 is 0 Å². The van der Waals surface area contributed by atoms with Crippen LogP contribution in [0, 0.1) is 0 Å². The monoisotopic (exact) mass is 452 g/mol. The summed E-state index contributed by atoms with van der Waals surface area (Å²) in [5, 5.41) is 12.1. The van der Waals surface area contributed by atoms with Gasteiger partial charge in [-0.05, 0) is 36.1 Å². The number of fused-ring (bicyclic) bond motifs is 3. The van der Waals surface area contributed by atoms with Crippen LogP contribution in [0.1, 0.15) is 37.3 Å². The number of nitrogens with zero attached hydrogens (tertiary/aromatic N) is 1. The van der Waals surface area contributed by atoms with Crippen LogP contribution in [0.15, 0.2) is 48.5 Å². The maximum atomic E-state index is 12.8. The van der Waals surface area contributed by atoms with Crippen LogP contribution in [0.3, 0.4) is 0 Å². The molecular formula is C25H28N2O6. The SMILES string of the molecule is CC(C)(CC(=O)N1CCOCC1C(=O)O)NC(=O)OCC1c2ccccc2-c2ccccc21. The topological polar surface area (TPSA) is 105 Å². The molecule has 1 heterocycles. The third kappa shape index (κ3) is 4.85. The smallest absolute Gasteiger partial charge is 0.407 e. The van der Waals surface area contributed by atoms with Gasteiger partial charge in [0.1, 0.15) is 6.61 Å². The first kappa shape index (κ1) is 22.8. The molecule has 0 radical (unpaired) electrons. The number of carbonyl (C=O) groups is 3. The molecule has 2 aliphatic rings. The van der Waals surface area contributed by atoms with Gasteiger partial charge in [-0.2, -0.15) is 0 Å². The predicted molar refractivity (Wildman–Crippen MR) is 121 cm³/mol. The summed E-state index contributed by atoms with van der Waals surface area (Å²) >= 11 is 0. The van der Waals surface area contributed by atoms with E-state index in [0.29, 0.717) is 0 Å². The molecule has 33 heavy (non-hydrogen) atoms. The number of nitrogens with one attached hydrogen (secondary N) is 1. The molecule has 1 fully saturated rings. The summed E-state index contributed by atoms with van der Waals surface area (Å²) in [6.45, 7) is 4.05. The summed E-state index contributed by atoms with van der Waals surface area (Å²) in [6.07, 6.45) is -0.674. The Morgan fingerprint density at radius 2 is 1.70 bits per heavy atom. The molecule has 4 rings (SSSR count). The number of carbonyl (C=O) groups excluding carboxylic acids is 2. The van der Waals surface area contributed by atoms with Crippen LogP contribution in [0.25, 0.3) is 11.1 Å². The first-order valence-electron chi connectivity index (χ1n) is 11.0. The Morgan fingerprint density at radius 3 is 2.30 bits per heavy atom. The number of rotatable bonds is 6. The van der Waals surface area contributed by atoms with Crippen molar-refractivity contribution in [3.05, 3.63) is 59.7 Å². The summed E-state index contributed by atoms with van der Waals surface area (Å²) in [5.74, 6) is -1.52. The van der Waals surface area contributed by atoms with Crippen molar-refractivity contribution < 1.29 is 29.0 Å². The fraction of sp³-hybridized carbons (Fsp3) is 0.400. The Kier molecular flexibility index (Phi) is 6.37. The molecule has 2 amide bonds. The summed E-state index contributed by atoms with van der Waals surface area (Å²) in [5.41, 5.74) is 3.61. The molecule has 1 atom stereocenters. The van der Waals surface area contributed by atoms with Gasteiger partial charge >= 0.3 is 12.1 Å². The number of alkyl carbamates (subject to hydrolysis) is 1. The maximum Gasteiger partial charge on any atom is 0.407 e. The third-order valence-corrected chi connectivity index (χ3v) is 6.11. The summed E-state index contributed by atoms with van der Waals surface area (Å²) in [4.78, 5) is 38.1. The van der Waals surface area contributed by atoms with Gasteiger partial charge in [-0.1, -0.05) is 48.5 Å². The number of carboxylic acids is 1. The van der Waals surface area contributed by atoms with Crippen molar-refractivity contribution in [3.63, 3.8) is 0 Å². The van der Waals surface area contributed by atoms with Gasteiger partial charge in [-0.25, -0.2) is 9.59 Å². The Labute approximate surface area is 192 Å². The lowest BCUT2D eigenvalue weighted by Crippen LogP contribution is -2.55. The highest BCUT2D eigenvalue weighted by Gasteiger charge is 2.36. The number of hydrogen-bond donors (Lipinski definition) is 2. The minimum absolute atomic E-state index is 0.0404. The second-order valence-corrected chi connectivity index (χ2v) is 9.03. The molecule has 2 aromatic rings. The van der Waals surface area contributed by atoms with E-state index in [2.05, 4.69) is 17.4 Å². The predicted octanol–water partition coefficient (Wildman–Crippen LogP) is 3.01. The van der Waals surface area contributed by atoms with Gasteiger partial charge in [0.15, 0.2) is 6.04 Å². The van der Waals surface area contributed by atoms with Gasteiger partial charge in [0.25, 0.3) is 0 Å². The zero-order chi connectivity index (χ0) is 23.6. The minimum atomic E-state index is -1.11. The van der Waals surface area contributed by atoms with Gasteiger partial charge in [0.05, 0.1) is 13.2 Å². The van der Waals surface area contributed by atoms with Crippen LogP contribution in [-0.2, 0) is 19.1 Å². The van der Waals surface area contributed by atoms with Crippen molar-refractivity contribution >= 4 is 18.0 Å². The molecule has 1 aliphatic carbocycles. The molecule has 8 nitrogen and oxygen atoms in total. The average molecular weight is 453 g/mol. The van der Waals surface area contributed by atoms with Crippen LogP contribution in [0.5, 0.6) is 0 Å². The lowest BCUT2D eigenvalue weighted by Gasteiger charge is -2.35. The fourth-order valence-electron chi connectivity index (χ4n) is 4.54. The Morgan fingerprint density at radius 1 is 1.09 bits per heavy atom. The molecule has 0 bridgehead atoms. The van der Waals surface area contributed by atoms with Gasteiger partial charge < -0.3 is 24.8 Å². The molecule has 1 saturated heterocycles. The van der Waals surface area contributed by atoms with Crippen molar-refractivity contribution in [3.8, 4) is 11.1 Å². The minimum Gasteiger partial charge on any atom is -0.480 e. The molecule has 0 spiro atoms. The summed E-state index contributed by atoms with van der Waals surface area (Å²) in [6, 6.07) is 15.2. The highest BCUT2D eigenvalue weighted by Crippen LogP contribution is 2.44. The Balaban J connectivity index is 1.37. The number of morpholine rings is 1. The quantitative estimate of drug-likeness (QED) is 0.698. The number of hydrogen-bond acceptors (Lipinski definition) is 5. The molecule has 8 heteroatoms. The molecule has 0 aromatic heterocycles. The van der Waals surface area contributed by atoms with E-state index in [9.17, 15) is 19.5 Å². The molecule has 2 N–H and O–H groups in total. The van der Waals surface area contributed by atoms with Crippen molar-refractivity contribution in [2.75, 3.05) is 26.4 Å². The highest BCUT2D eigenvalue weighted by molar-refractivity contribution is 5.85. The van der Waals surface area contributed by atoms with E-state index in [4.69, 9.17) is 9.47 Å². The van der Waals surface area contributed by atoms with Crippen molar-refractivity contribution in [2.24, 2.45) is 0 Å². The van der Waals surface area contributed by atoms with Crippen LogP contribution in [0.2, 0.25) is 0 Å². The molecule has 0 saturated carbocycles. The summed E-state index contributed by atoms with van der Waals surface area (Å²) < 4.78 is 10.8. The van der Waals surface area contributed by atoms with E-state index in [0.717, 1.165) is 22.3 Å². The van der Waals surface area contributed by atoms with E-state index in [1.807, 2.05) is 36.4 Å². The van der Waals surface area contributed by atoms with Crippen molar-refractivity contribution in [2.45, 2.75) is 37.8 Å². The average Bonchev–Trinajstić information content (AvgIpc) is 3.11. The second-order valence-electron chi connectivity index (χ2n) is 9.03. The van der Waals surface area contributed by atoms with Gasteiger partial charge in [-0.3, -0.25) is 4.79 Å².